The predicted molar refractivity (Wildman–Crippen MR) is 138 cm³/mol. The smallest absolute Gasteiger partial charge is 0.419 e. The number of benzene rings is 2. The van der Waals surface area contributed by atoms with Crippen LogP contribution in [0.3, 0.4) is 0 Å². The molecule has 1 aromatic heterocycles. The van der Waals surface area contributed by atoms with E-state index >= 15 is 0 Å². The second-order valence-corrected chi connectivity index (χ2v) is 8.14. The van der Waals surface area contributed by atoms with Crippen LogP contribution in [0.1, 0.15) is 27.2 Å². The Hall–Kier alpha value is -4.48. The number of alkyl halides is 3. The third-order valence-corrected chi connectivity index (χ3v) is 5.27. The SMILES string of the molecule is C=N/C(=N\c1c(C)ncnc1Nc1cc(NC(=O)c2ccc(OC)c(C(F)(F)F)c2)ccc1C)N(C)C. The Kier molecular flexibility index (Phi) is 8.11. The van der Waals surface area contributed by atoms with E-state index in [1.54, 1.807) is 44.1 Å². The van der Waals surface area contributed by atoms with Crippen molar-refractivity contribution in [1.82, 2.24) is 14.9 Å². The number of anilines is 3. The van der Waals surface area contributed by atoms with Crippen LogP contribution in [0.25, 0.3) is 0 Å². The summed E-state index contributed by atoms with van der Waals surface area (Å²) in [4.78, 5) is 31.4. The molecule has 0 saturated heterocycles. The molecule has 0 spiro atoms. The summed E-state index contributed by atoms with van der Waals surface area (Å²) in [6.07, 6.45) is -3.29. The summed E-state index contributed by atoms with van der Waals surface area (Å²) in [6.45, 7) is 7.16. The summed E-state index contributed by atoms with van der Waals surface area (Å²) in [6, 6.07) is 8.17. The van der Waals surface area contributed by atoms with Gasteiger partial charge in [-0.05, 0) is 56.5 Å². The highest BCUT2D eigenvalue weighted by atomic mass is 19.4. The Bertz CT molecular complexity index is 1350. The fourth-order valence-corrected chi connectivity index (χ4v) is 3.30. The lowest BCUT2D eigenvalue weighted by atomic mass is 10.1. The van der Waals surface area contributed by atoms with Crippen LogP contribution in [0.15, 0.2) is 52.7 Å². The molecule has 12 heteroatoms. The number of hydrogen-bond donors (Lipinski definition) is 2. The van der Waals surface area contributed by atoms with Crippen LogP contribution in [0.5, 0.6) is 5.75 Å². The van der Waals surface area contributed by atoms with Crippen molar-refractivity contribution in [3.63, 3.8) is 0 Å². The maximum Gasteiger partial charge on any atom is 0.419 e. The number of nitrogens with one attached hydrogen (secondary N) is 2. The van der Waals surface area contributed by atoms with Crippen LogP contribution in [-0.2, 0) is 6.18 Å². The van der Waals surface area contributed by atoms with Gasteiger partial charge in [0.15, 0.2) is 5.82 Å². The maximum absolute atomic E-state index is 13.4. The molecule has 0 radical (unpaired) electrons. The lowest BCUT2D eigenvalue weighted by Gasteiger charge is -2.16. The van der Waals surface area contributed by atoms with Crippen molar-refractivity contribution in [2.45, 2.75) is 20.0 Å². The van der Waals surface area contributed by atoms with E-state index in [-0.39, 0.29) is 11.3 Å². The second-order valence-electron chi connectivity index (χ2n) is 8.14. The highest BCUT2D eigenvalue weighted by Gasteiger charge is 2.35. The molecule has 2 N–H and O–H groups in total. The van der Waals surface area contributed by atoms with E-state index in [1.807, 2.05) is 6.92 Å². The molecular weight excluding hydrogens is 487 g/mol. The number of aryl methyl sites for hydroxylation is 2. The predicted octanol–water partition coefficient (Wildman–Crippen LogP) is 5.37. The van der Waals surface area contributed by atoms with Crippen molar-refractivity contribution < 1.29 is 22.7 Å². The summed E-state index contributed by atoms with van der Waals surface area (Å²) in [7, 11) is 4.68. The first-order valence-corrected chi connectivity index (χ1v) is 10.9. The maximum atomic E-state index is 13.4. The van der Waals surface area contributed by atoms with Gasteiger partial charge in [0.25, 0.3) is 5.91 Å². The number of methoxy groups -OCH3 is 1. The Balaban J connectivity index is 1.92. The molecule has 194 valence electrons. The van der Waals surface area contributed by atoms with Crippen LogP contribution < -0.4 is 15.4 Å². The van der Waals surface area contributed by atoms with E-state index in [9.17, 15) is 18.0 Å². The van der Waals surface area contributed by atoms with Gasteiger partial charge in [-0.2, -0.15) is 13.2 Å². The molecule has 3 rings (SSSR count). The molecule has 2 aromatic carbocycles. The van der Waals surface area contributed by atoms with Crippen molar-refractivity contribution >= 4 is 41.5 Å². The van der Waals surface area contributed by atoms with E-state index in [4.69, 9.17) is 4.74 Å². The molecule has 0 bridgehead atoms. The number of aliphatic imine (C=N–C) groups is 2. The van der Waals surface area contributed by atoms with Crippen LogP contribution in [-0.4, -0.2) is 54.7 Å². The normalized spacial score (nSPS) is 11.6. The van der Waals surface area contributed by atoms with Gasteiger partial charge in [0.2, 0.25) is 5.96 Å². The van der Waals surface area contributed by atoms with Crippen LogP contribution in [0.4, 0.5) is 36.1 Å². The molecule has 1 amide bonds. The van der Waals surface area contributed by atoms with E-state index in [0.717, 1.165) is 24.8 Å². The molecule has 0 aliphatic heterocycles. The van der Waals surface area contributed by atoms with E-state index in [1.165, 1.54) is 12.4 Å². The van der Waals surface area contributed by atoms with Gasteiger partial charge in [-0.1, -0.05) is 6.07 Å². The standard InChI is InChI=1S/C25H26F3N7O2/c1-14-7-9-17(32-23(36)16-8-10-20(37-6)18(11-16)25(26,27)28)12-19(14)33-22-21(15(2)30-13-31-22)34-24(29-3)35(4)5/h7-13H,3H2,1-2,4-6H3,(H,32,36)(H,30,31,33)/b34-24+. The van der Waals surface area contributed by atoms with Gasteiger partial charge >= 0.3 is 6.18 Å². The van der Waals surface area contributed by atoms with E-state index < -0.39 is 17.6 Å². The van der Waals surface area contributed by atoms with Gasteiger partial charge in [0, 0.05) is 31.0 Å². The molecule has 0 fully saturated rings. The van der Waals surface area contributed by atoms with E-state index in [2.05, 4.69) is 37.3 Å². The molecule has 0 saturated carbocycles. The summed E-state index contributed by atoms with van der Waals surface area (Å²) in [5.74, 6) is -0.323. The average Bonchev–Trinajstić information content (AvgIpc) is 2.84. The third-order valence-electron chi connectivity index (χ3n) is 5.27. The minimum atomic E-state index is -4.67. The first-order valence-electron chi connectivity index (χ1n) is 10.9. The molecule has 3 aromatic rings. The highest BCUT2D eigenvalue weighted by Crippen LogP contribution is 2.37. The Morgan fingerprint density at radius 2 is 1.84 bits per heavy atom. The lowest BCUT2D eigenvalue weighted by Crippen LogP contribution is -2.19. The van der Waals surface area contributed by atoms with Crippen molar-refractivity contribution in [2.75, 3.05) is 31.8 Å². The van der Waals surface area contributed by atoms with E-state index in [0.29, 0.717) is 34.5 Å². The largest absolute Gasteiger partial charge is 0.496 e. The van der Waals surface area contributed by atoms with Crippen molar-refractivity contribution in [3.05, 3.63) is 65.1 Å². The van der Waals surface area contributed by atoms with Gasteiger partial charge in [0.05, 0.1) is 18.4 Å². The topological polar surface area (TPSA) is 104 Å². The number of rotatable bonds is 6. The molecule has 9 nitrogen and oxygen atoms in total. The van der Waals surface area contributed by atoms with Crippen molar-refractivity contribution in [1.29, 1.82) is 0 Å². The molecular formula is C25H26F3N7O2. The fraction of sp³-hybridized carbons (Fsp3) is 0.240. The van der Waals surface area contributed by atoms with Crippen LogP contribution in [0, 0.1) is 13.8 Å². The quantitative estimate of drug-likeness (QED) is 0.339. The average molecular weight is 514 g/mol. The zero-order valence-electron chi connectivity index (χ0n) is 20.9. The lowest BCUT2D eigenvalue weighted by molar-refractivity contribution is -0.138. The molecule has 0 aliphatic carbocycles. The van der Waals surface area contributed by atoms with Gasteiger partial charge in [0.1, 0.15) is 17.8 Å². The van der Waals surface area contributed by atoms with Crippen molar-refractivity contribution in [2.24, 2.45) is 9.98 Å². The Labute approximate surface area is 212 Å². The van der Waals surface area contributed by atoms with Crippen LogP contribution in [0.2, 0.25) is 0 Å². The van der Waals surface area contributed by atoms with Crippen molar-refractivity contribution in [3.8, 4) is 5.75 Å². The van der Waals surface area contributed by atoms with Gasteiger partial charge < -0.3 is 20.3 Å². The van der Waals surface area contributed by atoms with Gasteiger partial charge in [-0.25, -0.2) is 20.0 Å². The molecule has 37 heavy (non-hydrogen) atoms. The number of halogens is 3. The number of hydrogen-bond acceptors (Lipinski definition) is 6. The molecule has 1 heterocycles. The number of aromatic nitrogens is 2. The second kappa shape index (κ2) is 11.1. The fourth-order valence-electron chi connectivity index (χ4n) is 3.30. The third kappa shape index (κ3) is 6.40. The zero-order chi connectivity index (χ0) is 27.3. The van der Waals surface area contributed by atoms with Crippen LogP contribution >= 0.6 is 0 Å². The zero-order valence-corrected chi connectivity index (χ0v) is 20.9. The minimum Gasteiger partial charge on any atom is -0.496 e. The molecule has 0 atom stereocenters. The molecule has 0 aliphatic rings. The minimum absolute atomic E-state index is 0.167. The number of carbonyl (C=O) groups is 1. The Morgan fingerprint density at radius 1 is 1.11 bits per heavy atom. The first-order chi connectivity index (χ1) is 17.4. The number of ether oxygens (including phenoxy) is 1. The highest BCUT2D eigenvalue weighted by molar-refractivity contribution is 6.04. The summed E-state index contributed by atoms with van der Waals surface area (Å²) >= 11 is 0. The van der Waals surface area contributed by atoms with Gasteiger partial charge in [-0.15, -0.1) is 0 Å². The molecule has 0 unspecified atom stereocenters. The van der Waals surface area contributed by atoms with Gasteiger partial charge in [-0.3, -0.25) is 4.79 Å². The monoisotopic (exact) mass is 513 g/mol. The number of carbonyl (C=O) groups excluding carboxylic acids is 1. The Morgan fingerprint density at radius 3 is 2.46 bits per heavy atom. The summed E-state index contributed by atoms with van der Waals surface area (Å²) < 4.78 is 44.9. The number of guanidine groups is 1. The summed E-state index contributed by atoms with van der Waals surface area (Å²) in [5.41, 5.74) is 1.62. The first kappa shape index (κ1) is 27.1. The number of amides is 1. The number of nitrogens with zero attached hydrogens (tertiary/aromatic N) is 5. The summed E-state index contributed by atoms with van der Waals surface area (Å²) in [5, 5.41) is 5.82.